The second-order valence-electron chi connectivity index (χ2n) is 6.14. The Morgan fingerprint density at radius 1 is 1.38 bits per heavy atom. The number of likely N-dealkylation sites (N-methyl/N-ethyl adjacent to an activating group) is 1. The maximum atomic E-state index is 4.83. The molecule has 2 heterocycles. The van der Waals surface area contributed by atoms with Gasteiger partial charge in [0, 0.05) is 45.3 Å². The number of nitrogens with one attached hydrogen (secondary N) is 1. The molecule has 1 aliphatic heterocycles. The highest BCUT2D eigenvalue weighted by Gasteiger charge is 2.26. The summed E-state index contributed by atoms with van der Waals surface area (Å²) in [6.07, 6.45) is 5.31. The average Bonchev–Trinajstić information content (AvgIpc) is 3.19. The summed E-state index contributed by atoms with van der Waals surface area (Å²) in [6, 6.07) is 0. The molecular weight excluding hydrogens is 415 g/mol. The van der Waals surface area contributed by atoms with Crippen LogP contribution in [0.1, 0.15) is 38.7 Å². The van der Waals surface area contributed by atoms with Crippen molar-refractivity contribution in [3.63, 3.8) is 0 Å². The van der Waals surface area contributed by atoms with Crippen molar-refractivity contribution >= 4 is 29.9 Å². The molecule has 0 saturated carbocycles. The molecule has 1 N–H and O–H groups in total. The first kappa shape index (κ1) is 21.2. The highest BCUT2D eigenvalue weighted by Crippen LogP contribution is 2.26. The number of halogens is 1. The standard InChI is InChI=1S/C17H32N6.HI/c1-5-18-17(19-9-11-22(6-2)7-3)23-10-8-15(14-23)16-12-20-21(4)13-16;/h12-13,15H,5-11,14H2,1-4H3,(H,18,19);1H. The van der Waals surface area contributed by atoms with Crippen molar-refractivity contribution in [2.24, 2.45) is 12.0 Å². The van der Waals surface area contributed by atoms with Crippen molar-refractivity contribution in [2.45, 2.75) is 33.1 Å². The van der Waals surface area contributed by atoms with Crippen molar-refractivity contribution in [3.05, 3.63) is 18.0 Å². The zero-order valence-corrected chi connectivity index (χ0v) is 17.9. The van der Waals surface area contributed by atoms with Crippen molar-refractivity contribution in [1.29, 1.82) is 0 Å². The first-order chi connectivity index (χ1) is 11.2. The summed E-state index contributed by atoms with van der Waals surface area (Å²) in [5, 5.41) is 7.75. The van der Waals surface area contributed by atoms with E-state index in [4.69, 9.17) is 4.99 Å². The molecule has 0 amide bonds. The minimum atomic E-state index is 0. The summed E-state index contributed by atoms with van der Waals surface area (Å²) in [5.74, 6) is 1.63. The van der Waals surface area contributed by atoms with Gasteiger partial charge in [-0.2, -0.15) is 5.10 Å². The van der Waals surface area contributed by atoms with Gasteiger partial charge in [-0.1, -0.05) is 13.8 Å². The van der Waals surface area contributed by atoms with Gasteiger partial charge in [0.05, 0.1) is 12.7 Å². The number of aliphatic imine (C=N–C) groups is 1. The molecular formula is C17H33IN6. The van der Waals surface area contributed by atoms with Gasteiger partial charge in [-0.05, 0) is 32.0 Å². The van der Waals surface area contributed by atoms with Crippen LogP contribution in [0.3, 0.4) is 0 Å². The summed E-state index contributed by atoms with van der Waals surface area (Å²) < 4.78 is 1.89. The summed E-state index contributed by atoms with van der Waals surface area (Å²) in [5.41, 5.74) is 1.34. The predicted molar refractivity (Wildman–Crippen MR) is 111 cm³/mol. The lowest BCUT2D eigenvalue weighted by molar-refractivity contribution is 0.312. The molecule has 0 aromatic carbocycles. The summed E-state index contributed by atoms with van der Waals surface area (Å²) >= 11 is 0. The summed E-state index contributed by atoms with van der Waals surface area (Å²) in [6.45, 7) is 13.6. The van der Waals surface area contributed by atoms with Crippen LogP contribution in [0.15, 0.2) is 17.4 Å². The van der Waals surface area contributed by atoms with Crippen molar-refractivity contribution in [3.8, 4) is 0 Å². The Labute approximate surface area is 163 Å². The molecule has 0 spiro atoms. The molecule has 6 nitrogen and oxygen atoms in total. The molecule has 1 atom stereocenters. The Hall–Kier alpha value is -0.830. The molecule has 1 unspecified atom stereocenters. The van der Waals surface area contributed by atoms with Gasteiger partial charge in [0.1, 0.15) is 0 Å². The van der Waals surface area contributed by atoms with Crippen LogP contribution < -0.4 is 5.32 Å². The highest BCUT2D eigenvalue weighted by molar-refractivity contribution is 14.0. The third-order valence-corrected chi connectivity index (χ3v) is 4.59. The van der Waals surface area contributed by atoms with Crippen LogP contribution in [0.25, 0.3) is 0 Å². The first-order valence-electron chi connectivity index (χ1n) is 8.92. The van der Waals surface area contributed by atoms with Gasteiger partial charge in [-0.15, -0.1) is 24.0 Å². The number of guanidine groups is 1. The Kier molecular flexibility index (Phi) is 9.65. The summed E-state index contributed by atoms with van der Waals surface area (Å²) in [4.78, 5) is 9.64. The summed E-state index contributed by atoms with van der Waals surface area (Å²) in [7, 11) is 1.98. The lowest BCUT2D eigenvalue weighted by Gasteiger charge is -2.22. The smallest absolute Gasteiger partial charge is 0.193 e. The van der Waals surface area contributed by atoms with E-state index in [2.05, 4.69) is 47.2 Å². The Balaban J connectivity index is 0.00000288. The van der Waals surface area contributed by atoms with Crippen LogP contribution in [-0.4, -0.2) is 71.4 Å². The van der Waals surface area contributed by atoms with Gasteiger partial charge in [-0.3, -0.25) is 9.67 Å². The van der Waals surface area contributed by atoms with Crippen LogP contribution in [0, 0.1) is 0 Å². The molecule has 0 bridgehead atoms. The highest BCUT2D eigenvalue weighted by atomic mass is 127. The van der Waals surface area contributed by atoms with Gasteiger partial charge in [0.2, 0.25) is 0 Å². The molecule has 1 aliphatic rings. The third kappa shape index (κ3) is 5.91. The second kappa shape index (κ2) is 10.9. The number of hydrogen-bond acceptors (Lipinski definition) is 3. The predicted octanol–water partition coefficient (Wildman–Crippen LogP) is 2.13. The number of hydrogen-bond donors (Lipinski definition) is 1. The van der Waals surface area contributed by atoms with Crippen LogP contribution in [-0.2, 0) is 7.05 Å². The largest absolute Gasteiger partial charge is 0.357 e. The van der Waals surface area contributed by atoms with E-state index >= 15 is 0 Å². The Morgan fingerprint density at radius 2 is 2.12 bits per heavy atom. The fraction of sp³-hybridized carbons (Fsp3) is 0.765. The van der Waals surface area contributed by atoms with E-state index in [0.717, 1.165) is 51.8 Å². The zero-order chi connectivity index (χ0) is 16.7. The van der Waals surface area contributed by atoms with Gasteiger partial charge in [0.15, 0.2) is 5.96 Å². The lowest BCUT2D eigenvalue weighted by Crippen LogP contribution is -2.40. The molecule has 0 radical (unpaired) electrons. The molecule has 1 aromatic heterocycles. The fourth-order valence-electron chi connectivity index (χ4n) is 3.14. The zero-order valence-electron chi connectivity index (χ0n) is 15.5. The van der Waals surface area contributed by atoms with E-state index in [1.807, 2.05) is 17.9 Å². The minimum absolute atomic E-state index is 0. The van der Waals surface area contributed by atoms with Gasteiger partial charge in [0.25, 0.3) is 0 Å². The second-order valence-corrected chi connectivity index (χ2v) is 6.14. The molecule has 24 heavy (non-hydrogen) atoms. The van der Waals surface area contributed by atoms with Crippen molar-refractivity contribution in [2.75, 3.05) is 45.8 Å². The monoisotopic (exact) mass is 448 g/mol. The fourth-order valence-corrected chi connectivity index (χ4v) is 3.14. The lowest BCUT2D eigenvalue weighted by atomic mass is 10.0. The normalized spacial score (nSPS) is 18.1. The Morgan fingerprint density at radius 3 is 2.71 bits per heavy atom. The SMILES string of the molecule is CCNC(=NCCN(CC)CC)N1CCC(c2cnn(C)c2)C1.I. The number of rotatable bonds is 7. The quantitative estimate of drug-likeness (QED) is 0.395. The van der Waals surface area contributed by atoms with Crippen molar-refractivity contribution < 1.29 is 0 Å². The molecule has 1 saturated heterocycles. The van der Waals surface area contributed by atoms with Gasteiger partial charge in [-0.25, -0.2) is 0 Å². The van der Waals surface area contributed by atoms with E-state index in [1.54, 1.807) is 0 Å². The van der Waals surface area contributed by atoms with E-state index < -0.39 is 0 Å². The first-order valence-corrected chi connectivity index (χ1v) is 8.92. The van der Waals surface area contributed by atoms with Crippen LogP contribution in [0.2, 0.25) is 0 Å². The molecule has 2 rings (SSSR count). The number of aromatic nitrogens is 2. The van der Waals surface area contributed by atoms with E-state index in [9.17, 15) is 0 Å². The molecule has 0 aliphatic carbocycles. The minimum Gasteiger partial charge on any atom is -0.357 e. The van der Waals surface area contributed by atoms with Crippen LogP contribution in [0.5, 0.6) is 0 Å². The molecule has 1 fully saturated rings. The van der Waals surface area contributed by atoms with Gasteiger partial charge >= 0.3 is 0 Å². The van der Waals surface area contributed by atoms with E-state index in [-0.39, 0.29) is 24.0 Å². The van der Waals surface area contributed by atoms with E-state index in [0.29, 0.717) is 5.92 Å². The molecule has 138 valence electrons. The number of aryl methyl sites for hydroxylation is 1. The maximum Gasteiger partial charge on any atom is 0.193 e. The topological polar surface area (TPSA) is 48.7 Å². The maximum absolute atomic E-state index is 4.83. The molecule has 7 heteroatoms. The number of likely N-dealkylation sites (tertiary alicyclic amines) is 1. The van der Waals surface area contributed by atoms with Gasteiger partial charge < -0.3 is 15.1 Å². The molecule has 1 aromatic rings. The van der Waals surface area contributed by atoms with Crippen molar-refractivity contribution in [1.82, 2.24) is 24.9 Å². The van der Waals surface area contributed by atoms with Crippen LogP contribution in [0.4, 0.5) is 0 Å². The average molecular weight is 448 g/mol. The van der Waals surface area contributed by atoms with Crippen LogP contribution >= 0.6 is 24.0 Å². The number of nitrogens with zero attached hydrogens (tertiary/aromatic N) is 5. The Bertz CT molecular complexity index is 497. The van der Waals surface area contributed by atoms with E-state index in [1.165, 1.54) is 12.0 Å². The third-order valence-electron chi connectivity index (χ3n) is 4.59.